The average Bonchev–Trinajstić information content (AvgIpc) is 2.47. The monoisotopic (exact) mass is 368 g/mol. The summed E-state index contributed by atoms with van der Waals surface area (Å²) in [6.07, 6.45) is -7.20. The minimum Gasteiger partial charge on any atom is -0.386 e. The minimum absolute atomic E-state index is 0.0349. The topological polar surface area (TPSA) is 64.7 Å². The molecule has 0 bridgehead atoms. The van der Waals surface area contributed by atoms with Crippen molar-refractivity contribution in [3.63, 3.8) is 0 Å². The summed E-state index contributed by atoms with van der Waals surface area (Å²) in [6, 6.07) is 2.85. The molecule has 0 fully saturated rings. The van der Waals surface area contributed by atoms with Gasteiger partial charge in [-0.1, -0.05) is 6.07 Å². The smallest absolute Gasteiger partial charge is 0.386 e. The second kappa shape index (κ2) is 6.32. The van der Waals surface area contributed by atoms with Crippen LogP contribution in [-0.2, 0) is 21.5 Å². The fourth-order valence-electron chi connectivity index (χ4n) is 2.42. The van der Waals surface area contributed by atoms with Crippen molar-refractivity contribution >= 4 is 11.6 Å². The molecular weight excluding hydrogens is 354 g/mol. The fraction of sp³-hybridized carbons (Fsp3) is 0.467. The molecule has 2 rings (SSSR count). The zero-order valence-corrected chi connectivity index (χ0v) is 13.0. The van der Waals surface area contributed by atoms with Gasteiger partial charge in [0.25, 0.3) is 0 Å². The number of Topliss-reactive ketones (excluding diaryl/α,β-unsaturated/α-hetero) is 1. The summed E-state index contributed by atoms with van der Waals surface area (Å²) < 4.78 is 82.1. The lowest BCUT2D eigenvalue weighted by Crippen LogP contribution is -2.44. The van der Waals surface area contributed by atoms with Crippen LogP contribution < -0.4 is 5.73 Å². The van der Waals surface area contributed by atoms with E-state index in [1.165, 1.54) is 6.92 Å². The molecule has 0 spiro atoms. The molecule has 138 valence electrons. The Morgan fingerprint density at radius 2 is 1.96 bits per heavy atom. The van der Waals surface area contributed by atoms with E-state index in [0.29, 0.717) is 0 Å². The predicted molar refractivity (Wildman–Crippen MR) is 75.9 cm³/mol. The molecule has 0 saturated carbocycles. The van der Waals surface area contributed by atoms with E-state index >= 15 is 0 Å². The van der Waals surface area contributed by atoms with Gasteiger partial charge in [0.05, 0.1) is 6.61 Å². The van der Waals surface area contributed by atoms with E-state index in [1.807, 2.05) is 0 Å². The number of carbonyl (C=O) groups excluding carboxylic acids is 1. The van der Waals surface area contributed by atoms with Crippen LogP contribution in [0.2, 0.25) is 0 Å². The van der Waals surface area contributed by atoms with Crippen molar-refractivity contribution in [1.82, 2.24) is 0 Å². The number of hydrogen-bond donors (Lipinski definition) is 1. The zero-order valence-electron chi connectivity index (χ0n) is 13.0. The van der Waals surface area contributed by atoms with Crippen molar-refractivity contribution in [3.05, 3.63) is 35.1 Å². The molecule has 1 atom stereocenters. The SMILES string of the molecule is CC1(c2cc(CC(=O)C(F)(F)C(F)(F)F)ccc2F)COCC(N)=N1. The normalized spacial score (nSPS) is 21.8. The summed E-state index contributed by atoms with van der Waals surface area (Å²) >= 11 is 0. The third kappa shape index (κ3) is 3.78. The number of hydrogen-bond acceptors (Lipinski definition) is 4. The van der Waals surface area contributed by atoms with Crippen LogP contribution in [0.1, 0.15) is 18.1 Å². The summed E-state index contributed by atoms with van der Waals surface area (Å²) in [5.41, 5.74) is 3.95. The van der Waals surface area contributed by atoms with Crippen molar-refractivity contribution in [2.75, 3.05) is 13.2 Å². The molecule has 1 unspecified atom stereocenters. The van der Waals surface area contributed by atoms with Crippen LogP contribution in [0.3, 0.4) is 0 Å². The van der Waals surface area contributed by atoms with Gasteiger partial charge in [-0.25, -0.2) is 4.39 Å². The third-order valence-electron chi connectivity index (χ3n) is 3.71. The molecule has 4 nitrogen and oxygen atoms in total. The van der Waals surface area contributed by atoms with Gasteiger partial charge in [-0.3, -0.25) is 9.79 Å². The number of carbonyl (C=O) groups is 1. The Kier molecular flexibility index (Phi) is 4.86. The van der Waals surface area contributed by atoms with E-state index in [9.17, 15) is 31.1 Å². The molecule has 0 saturated heterocycles. The average molecular weight is 368 g/mol. The Labute approximate surface area is 138 Å². The molecule has 1 heterocycles. The molecule has 2 N–H and O–H groups in total. The molecule has 1 aliphatic rings. The summed E-state index contributed by atoms with van der Waals surface area (Å²) in [5.74, 6) is -8.51. The Hall–Kier alpha value is -2.10. The number of ketones is 1. The Balaban J connectivity index is 2.34. The Bertz CT molecular complexity index is 716. The highest BCUT2D eigenvalue weighted by Crippen LogP contribution is 2.37. The maximum absolute atomic E-state index is 14.1. The first kappa shape index (κ1) is 19.2. The number of ether oxygens (including phenoxy) is 1. The standard InChI is InChI=1S/C15H14F6N2O2/c1-13(7-25-6-12(22)23-13)9-4-8(2-3-10(9)16)5-11(24)14(17,18)15(19,20)21/h2-4H,5-7H2,1H3,(H2,22,23). The first-order valence-corrected chi connectivity index (χ1v) is 7.05. The van der Waals surface area contributed by atoms with Gasteiger partial charge in [-0.05, 0) is 24.6 Å². The van der Waals surface area contributed by atoms with Crippen molar-refractivity contribution < 1.29 is 35.9 Å². The number of alkyl halides is 5. The summed E-state index contributed by atoms with van der Waals surface area (Å²) in [7, 11) is 0. The highest BCUT2D eigenvalue weighted by Gasteiger charge is 2.62. The first-order valence-electron chi connectivity index (χ1n) is 7.05. The van der Waals surface area contributed by atoms with Gasteiger partial charge in [0.1, 0.15) is 23.8 Å². The zero-order chi connectivity index (χ0) is 19.0. The molecule has 25 heavy (non-hydrogen) atoms. The van der Waals surface area contributed by atoms with Gasteiger partial charge < -0.3 is 10.5 Å². The second-order valence-corrected chi connectivity index (χ2v) is 5.86. The molecule has 0 aromatic heterocycles. The van der Waals surface area contributed by atoms with Crippen LogP contribution in [0, 0.1) is 5.82 Å². The fourth-order valence-corrected chi connectivity index (χ4v) is 2.42. The largest absolute Gasteiger partial charge is 0.461 e. The molecule has 0 aliphatic carbocycles. The van der Waals surface area contributed by atoms with Gasteiger partial charge in [-0.15, -0.1) is 0 Å². The predicted octanol–water partition coefficient (Wildman–Crippen LogP) is 2.74. The number of rotatable bonds is 4. The van der Waals surface area contributed by atoms with Crippen molar-refractivity contribution in [1.29, 1.82) is 0 Å². The number of halogens is 6. The van der Waals surface area contributed by atoms with E-state index in [2.05, 4.69) is 4.99 Å². The van der Waals surface area contributed by atoms with E-state index in [1.54, 1.807) is 0 Å². The van der Waals surface area contributed by atoms with Gasteiger partial charge >= 0.3 is 12.1 Å². The van der Waals surface area contributed by atoms with Crippen LogP contribution in [0.5, 0.6) is 0 Å². The van der Waals surface area contributed by atoms with Crippen LogP contribution in [0.25, 0.3) is 0 Å². The van der Waals surface area contributed by atoms with Gasteiger partial charge in [0, 0.05) is 12.0 Å². The van der Waals surface area contributed by atoms with E-state index in [4.69, 9.17) is 10.5 Å². The van der Waals surface area contributed by atoms with E-state index in [-0.39, 0.29) is 30.2 Å². The minimum atomic E-state index is -5.99. The van der Waals surface area contributed by atoms with Gasteiger partial charge in [0.2, 0.25) is 5.78 Å². The lowest BCUT2D eigenvalue weighted by molar-refractivity contribution is -0.268. The lowest BCUT2D eigenvalue weighted by Gasteiger charge is -2.30. The van der Waals surface area contributed by atoms with Gasteiger partial charge in [-0.2, -0.15) is 22.0 Å². The van der Waals surface area contributed by atoms with Crippen molar-refractivity contribution in [2.24, 2.45) is 10.7 Å². The molecule has 0 amide bonds. The van der Waals surface area contributed by atoms with Gasteiger partial charge in [0.15, 0.2) is 0 Å². The maximum Gasteiger partial charge on any atom is 0.461 e. The summed E-state index contributed by atoms with van der Waals surface area (Å²) in [6.45, 7) is 1.43. The summed E-state index contributed by atoms with van der Waals surface area (Å²) in [5, 5.41) is 0. The highest BCUT2D eigenvalue weighted by atomic mass is 19.4. The second-order valence-electron chi connectivity index (χ2n) is 5.86. The Morgan fingerprint density at radius 1 is 1.32 bits per heavy atom. The Morgan fingerprint density at radius 3 is 2.52 bits per heavy atom. The van der Waals surface area contributed by atoms with E-state index < -0.39 is 35.7 Å². The molecule has 0 radical (unpaired) electrons. The number of nitrogens with two attached hydrogens (primary N) is 1. The maximum atomic E-state index is 14.1. The van der Waals surface area contributed by atoms with Crippen LogP contribution in [-0.4, -0.2) is 36.9 Å². The van der Waals surface area contributed by atoms with Crippen molar-refractivity contribution in [3.8, 4) is 0 Å². The van der Waals surface area contributed by atoms with Crippen LogP contribution in [0.15, 0.2) is 23.2 Å². The van der Waals surface area contributed by atoms with Crippen LogP contribution >= 0.6 is 0 Å². The quantitative estimate of drug-likeness (QED) is 0.832. The highest BCUT2D eigenvalue weighted by molar-refractivity contribution is 5.88. The molecule has 1 aromatic carbocycles. The summed E-state index contributed by atoms with van der Waals surface area (Å²) in [4.78, 5) is 15.4. The number of amidine groups is 1. The molecular formula is C15H14F6N2O2. The van der Waals surface area contributed by atoms with E-state index in [0.717, 1.165) is 18.2 Å². The number of benzene rings is 1. The van der Waals surface area contributed by atoms with Crippen LogP contribution in [0.4, 0.5) is 26.3 Å². The van der Waals surface area contributed by atoms with Crippen molar-refractivity contribution in [2.45, 2.75) is 31.0 Å². The molecule has 10 heteroatoms. The third-order valence-corrected chi connectivity index (χ3v) is 3.71. The number of aliphatic imine (C=N–C) groups is 1. The molecule has 1 aliphatic heterocycles. The first-order chi connectivity index (χ1) is 11.4. The number of nitrogens with zero attached hydrogens (tertiary/aromatic N) is 1. The lowest BCUT2D eigenvalue weighted by atomic mass is 9.89. The molecule has 1 aromatic rings.